The molecule has 2 unspecified atom stereocenters. The molecule has 2 fully saturated rings. The highest BCUT2D eigenvalue weighted by Gasteiger charge is 2.38. The van der Waals surface area contributed by atoms with E-state index in [0.29, 0.717) is 11.5 Å². The highest BCUT2D eigenvalue weighted by atomic mass is 16.2. The first-order valence-electron chi connectivity index (χ1n) is 6.57. The van der Waals surface area contributed by atoms with Crippen molar-refractivity contribution in [2.75, 3.05) is 25.5 Å². The first-order chi connectivity index (χ1) is 8.78. The lowest BCUT2D eigenvalue weighted by Gasteiger charge is -2.16. The maximum absolute atomic E-state index is 12.3. The Hall–Kier alpha value is -1.65. The zero-order chi connectivity index (χ0) is 12.5. The fraction of sp³-hybridized carbons (Fsp3) is 0.615. The molecule has 2 heterocycles. The van der Waals surface area contributed by atoms with Gasteiger partial charge in [0.25, 0.3) is 5.91 Å². The van der Waals surface area contributed by atoms with E-state index in [1.54, 1.807) is 19.4 Å². The molecule has 1 saturated carbocycles. The molecule has 0 radical (unpaired) electrons. The summed E-state index contributed by atoms with van der Waals surface area (Å²) in [6.45, 7) is 1.80. The van der Waals surface area contributed by atoms with Crippen LogP contribution in [0.2, 0.25) is 0 Å². The number of rotatable bonds is 2. The summed E-state index contributed by atoms with van der Waals surface area (Å²) < 4.78 is 0. The van der Waals surface area contributed by atoms with Crippen molar-refractivity contribution < 1.29 is 4.79 Å². The molecule has 5 nitrogen and oxygen atoms in total. The van der Waals surface area contributed by atoms with Crippen LogP contribution in [0.25, 0.3) is 0 Å². The molecule has 1 amide bonds. The summed E-state index contributed by atoms with van der Waals surface area (Å²) in [4.78, 5) is 22.5. The number of likely N-dealkylation sites (tertiary alicyclic amines) is 1. The van der Waals surface area contributed by atoms with Crippen LogP contribution in [0.5, 0.6) is 0 Å². The lowest BCUT2D eigenvalue weighted by molar-refractivity contribution is 0.0774. The van der Waals surface area contributed by atoms with Crippen LogP contribution >= 0.6 is 0 Å². The molecule has 1 saturated heterocycles. The summed E-state index contributed by atoms with van der Waals surface area (Å²) in [5.74, 6) is 2.15. The van der Waals surface area contributed by atoms with Gasteiger partial charge in [-0.1, -0.05) is 6.42 Å². The van der Waals surface area contributed by atoms with E-state index in [4.69, 9.17) is 0 Å². The molecule has 0 bridgehead atoms. The zero-order valence-corrected chi connectivity index (χ0v) is 10.6. The van der Waals surface area contributed by atoms with E-state index in [0.717, 1.165) is 24.9 Å². The molecule has 96 valence electrons. The third-order valence-electron chi connectivity index (χ3n) is 4.14. The molecule has 1 aliphatic carbocycles. The average Bonchev–Trinajstić information content (AvgIpc) is 2.99. The Morgan fingerprint density at radius 3 is 2.56 bits per heavy atom. The normalized spacial score (nSPS) is 26.2. The monoisotopic (exact) mass is 246 g/mol. The van der Waals surface area contributed by atoms with Crippen molar-refractivity contribution in [3.8, 4) is 0 Å². The van der Waals surface area contributed by atoms with E-state index in [9.17, 15) is 4.79 Å². The Balaban J connectivity index is 1.70. The molecular formula is C13H18N4O. The summed E-state index contributed by atoms with van der Waals surface area (Å²) in [6, 6.07) is 0. The maximum Gasteiger partial charge on any atom is 0.274 e. The highest BCUT2D eigenvalue weighted by Crippen LogP contribution is 2.37. The van der Waals surface area contributed by atoms with E-state index in [1.807, 2.05) is 4.90 Å². The molecule has 0 aromatic carbocycles. The third kappa shape index (κ3) is 1.94. The molecule has 2 aliphatic rings. The largest absolute Gasteiger partial charge is 0.372 e. The number of nitrogens with one attached hydrogen (secondary N) is 1. The molecule has 0 spiro atoms. The number of nitrogens with zero attached hydrogens (tertiary/aromatic N) is 3. The van der Waals surface area contributed by atoms with Crippen LogP contribution in [0.1, 0.15) is 29.8 Å². The number of aromatic nitrogens is 2. The van der Waals surface area contributed by atoms with Crippen LogP contribution in [-0.4, -0.2) is 40.9 Å². The van der Waals surface area contributed by atoms with Crippen LogP contribution in [-0.2, 0) is 0 Å². The smallest absolute Gasteiger partial charge is 0.274 e. The molecule has 5 heteroatoms. The van der Waals surface area contributed by atoms with Gasteiger partial charge in [0.1, 0.15) is 11.5 Å². The predicted octanol–water partition coefficient (Wildman–Crippen LogP) is 1.39. The minimum atomic E-state index is 0.0274. The number of anilines is 1. The topological polar surface area (TPSA) is 58.1 Å². The zero-order valence-electron chi connectivity index (χ0n) is 10.6. The molecule has 1 aromatic rings. The van der Waals surface area contributed by atoms with Crippen molar-refractivity contribution in [3.63, 3.8) is 0 Å². The van der Waals surface area contributed by atoms with Gasteiger partial charge in [-0.15, -0.1) is 0 Å². The van der Waals surface area contributed by atoms with Crippen molar-refractivity contribution >= 4 is 11.7 Å². The van der Waals surface area contributed by atoms with Crippen LogP contribution in [0.15, 0.2) is 12.4 Å². The Labute approximate surface area is 107 Å². The maximum atomic E-state index is 12.3. The van der Waals surface area contributed by atoms with Crippen LogP contribution in [0, 0.1) is 11.8 Å². The summed E-state index contributed by atoms with van der Waals surface area (Å²) >= 11 is 0. The molecular weight excluding hydrogens is 228 g/mol. The van der Waals surface area contributed by atoms with Crippen molar-refractivity contribution in [3.05, 3.63) is 18.1 Å². The van der Waals surface area contributed by atoms with Crippen LogP contribution in [0.3, 0.4) is 0 Å². The van der Waals surface area contributed by atoms with E-state index >= 15 is 0 Å². The first kappa shape index (κ1) is 11.4. The fourth-order valence-electron chi connectivity index (χ4n) is 3.13. The second-order valence-electron chi connectivity index (χ2n) is 5.20. The number of hydrogen-bond acceptors (Lipinski definition) is 4. The molecule has 1 aromatic heterocycles. The van der Waals surface area contributed by atoms with Gasteiger partial charge in [-0.2, -0.15) is 0 Å². The minimum Gasteiger partial charge on any atom is -0.372 e. The van der Waals surface area contributed by atoms with Gasteiger partial charge >= 0.3 is 0 Å². The van der Waals surface area contributed by atoms with Gasteiger partial charge in [0.2, 0.25) is 0 Å². The quantitative estimate of drug-likeness (QED) is 0.856. The van der Waals surface area contributed by atoms with Gasteiger partial charge in [-0.05, 0) is 24.7 Å². The fourth-order valence-corrected chi connectivity index (χ4v) is 3.13. The summed E-state index contributed by atoms with van der Waals surface area (Å²) in [5.41, 5.74) is 0.453. The van der Waals surface area contributed by atoms with E-state index < -0.39 is 0 Å². The Morgan fingerprint density at radius 1 is 1.28 bits per heavy atom. The number of amides is 1. The number of hydrogen-bond donors (Lipinski definition) is 1. The van der Waals surface area contributed by atoms with Crippen molar-refractivity contribution in [2.45, 2.75) is 19.3 Å². The van der Waals surface area contributed by atoms with E-state index in [2.05, 4.69) is 15.3 Å². The lowest BCUT2D eigenvalue weighted by atomic mass is 10.0. The van der Waals surface area contributed by atoms with Gasteiger partial charge in [0, 0.05) is 20.1 Å². The Morgan fingerprint density at radius 2 is 2.00 bits per heavy atom. The SMILES string of the molecule is CNc1cnc(C(=O)N2CC3CCCC3C2)cn1. The van der Waals surface area contributed by atoms with Gasteiger partial charge in [0.05, 0.1) is 12.4 Å². The lowest BCUT2D eigenvalue weighted by Crippen LogP contribution is -2.30. The van der Waals surface area contributed by atoms with Crippen molar-refractivity contribution in [1.29, 1.82) is 0 Å². The average molecular weight is 246 g/mol. The first-order valence-corrected chi connectivity index (χ1v) is 6.57. The second kappa shape index (κ2) is 4.55. The van der Waals surface area contributed by atoms with E-state index in [1.165, 1.54) is 19.3 Å². The summed E-state index contributed by atoms with van der Waals surface area (Å²) in [6.07, 6.45) is 7.04. The van der Waals surface area contributed by atoms with Crippen LogP contribution in [0.4, 0.5) is 5.82 Å². The van der Waals surface area contributed by atoms with Crippen molar-refractivity contribution in [2.24, 2.45) is 11.8 Å². The predicted molar refractivity (Wildman–Crippen MR) is 68.3 cm³/mol. The van der Waals surface area contributed by atoms with Gasteiger partial charge in [0.15, 0.2) is 0 Å². The highest BCUT2D eigenvalue weighted by molar-refractivity contribution is 5.92. The second-order valence-corrected chi connectivity index (χ2v) is 5.20. The van der Waals surface area contributed by atoms with Crippen molar-refractivity contribution in [1.82, 2.24) is 14.9 Å². The van der Waals surface area contributed by atoms with Gasteiger partial charge in [-0.25, -0.2) is 9.97 Å². The van der Waals surface area contributed by atoms with E-state index in [-0.39, 0.29) is 5.91 Å². The summed E-state index contributed by atoms with van der Waals surface area (Å²) in [5, 5.41) is 2.90. The minimum absolute atomic E-state index is 0.0274. The third-order valence-corrected chi connectivity index (χ3v) is 4.14. The Bertz CT molecular complexity index is 433. The molecule has 18 heavy (non-hydrogen) atoms. The molecule has 3 rings (SSSR count). The van der Waals surface area contributed by atoms with Gasteiger partial charge in [-0.3, -0.25) is 4.79 Å². The molecule has 1 N–H and O–H groups in total. The standard InChI is InChI=1S/C13H18N4O/c1-14-12-6-15-11(5-16-12)13(18)17-7-9-3-2-4-10(9)8-17/h5-6,9-10H,2-4,7-8H2,1H3,(H,14,16). The number of carbonyl (C=O) groups is 1. The molecule has 2 atom stereocenters. The molecule has 1 aliphatic heterocycles. The number of fused-ring (bicyclic) bond motifs is 1. The summed E-state index contributed by atoms with van der Waals surface area (Å²) in [7, 11) is 1.78. The Kier molecular flexibility index (Phi) is 2.89. The number of carbonyl (C=O) groups excluding carboxylic acids is 1. The van der Waals surface area contributed by atoms with Gasteiger partial charge < -0.3 is 10.2 Å². The van der Waals surface area contributed by atoms with Crippen LogP contribution < -0.4 is 5.32 Å².